The van der Waals surface area contributed by atoms with Crippen molar-refractivity contribution in [2.45, 2.75) is 18.7 Å². The summed E-state index contributed by atoms with van der Waals surface area (Å²) in [5, 5.41) is 7.22. The molecule has 0 fully saturated rings. The van der Waals surface area contributed by atoms with Crippen LogP contribution in [-0.4, -0.2) is 38.7 Å². The number of anilines is 1. The number of nitrogens with one attached hydrogen (secondary N) is 1. The average molecular weight is 411 g/mol. The Balaban J connectivity index is 1.69. The van der Waals surface area contributed by atoms with Crippen molar-refractivity contribution in [2.75, 3.05) is 18.2 Å². The van der Waals surface area contributed by atoms with Crippen LogP contribution < -0.4 is 5.32 Å². The van der Waals surface area contributed by atoms with Crippen LogP contribution in [0.3, 0.4) is 0 Å². The number of carbonyl (C=O) groups is 2. The van der Waals surface area contributed by atoms with Crippen molar-refractivity contribution < 1.29 is 18.5 Å². The Hall–Kier alpha value is -3.26. The Bertz CT molecular complexity index is 1080. The summed E-state index contributed by atoms with van der Waals surface area (Å²) >= 11 is 0. The lowest BCUT2D eigenvalue weighted by Gasteiger charge is -2.09. The Kier molecular flexibility index (Phi) is 6.23. The number of nitrogens with zero attached hydrogens (tertiary/aromatic N) is 2. The first kappa shape index (κ1) is 20.5. The third kappa shape index (κ3) is 4.60. The molecule has 0 aliphatic heterocycles. The first-order chi connectivity index (χ1) is 13.9. The normalized spacial score (nSPS) is 11.7. The fourth-order valence-electron chi connectivity index (χ4n) is 2.91. The third-order valence-electron chi connectivity index (χ3n) is 4.31. The zero-order valence-corrected chi connectivity index (χ0v) is 17.2. The van der Waals surface area contributed by atoms with Gasteiger partial charge in [-0.1, -0.05) is 30.3 Å². The van der Waals surface area contributed by atoms with E-state index in [1.807, 2.05) is 37.3 Å². The number of amides is 1. The molecule has 1 atom stereocenters. The number of esters is 1. The first-order valence-corrected chi connectivity index (χ1v) is 10.5. The van der Waals surface area contributed by atoms with Crippen LogP contribution in [0.5, 0.6) is 0 Å². The molecule has 1 N–H and O–H groups in total. The molecule has 3 rings (SSSR count). The standard InChI is InChI=1S/C21H21N3O4S/c1-14-20(15(2)24(23-14)16-9-5-4-6-10-16)22-19(25)13-28-21(26)17-11-7-8-12-18(17)29(3)27/h4-12H,13H2,1-3H3,(H,22,25)/t29-/m0/s1. The van der Waals surface area contributed by atoms with Crippen molar-refractivity contribution >= 4 is 28.4 Å². The predicted molar refractivity (Wildman–Crippen MR) is 111 cm³/mol. The number of benzene rings is 2. The van der Waals surface area contributed by atoms with Crippen LogP contribution in [0.2, 0.25) is 0 Å². The molecule has 29 heavy (non-hydrogen) atoms. The van der Waals surface area contributed by atoms with Crippen molar-refractivity contribution in [1.82, 2.24) is 9.78 Å². The quantitative estimate of drug-likeness (QED) is 0.630. The second-order valence-corrected chi connectivity index (χ2v) is 7.72. The Morgan fingerprint density at radius 1 is 1.07 bits per heavy atom. The van der Waals surface area contributed by atoms with Gasteiger partial charge in [0.15, 0.2) is 6.61 Å². The molecule has 0 unspecified atom stereocenters. The molecular weight excluding hydrogens is 390 g/mol. The molecule has 150 valence electrons. The van der Waals surface area contributed by atoms with Gasteiger partial charge in [-0.2, -0.15) is 5.10 Å². The molecule has 0 radical (unpaired) electrons. The second-order valence-electron chi connectivity index (χ2n) is 6.37. The molecule has 0 bridgehead atoms. The lowest BCUT2D eigenvalue weighted by molar-refractivity contribution is -0.119. The van der Waals surface area contributed by atoms with Crippen molar-refractivity contribution in [1.29, 1.82) is 0 Å². The maximum Gasteiger partial charge on any atom is 0.339 e. The molecule has 3 aromatic rings. The minimum absolute atomic E-state index is 0.186. The van der Waals surface area contributed by atoms with Crippen LogP contribution in [0.4, 0.5) is 5.69 Å². The summed E-state index contributed by atoms with van der Waals surface area (Å²) in [5.41, 5.74) is 3.05. The van der Waals surface area contributed by atoms with Crippen molar-refractivity contribution in [3.8, 4) is 5.69 Å². The van der Waals surface area contributed by atoms with Crippen LogP contribution in [0.25, 0.3) is 5.69 Å². The van der Waals surface area contributed by atoms with Gasteiger partial charge in [-0.3, -0.25) is 9.00 Å². The fourth-order valence-corrected chi connectivity index (χ4v) is 3.65. The summed E-state index contributed by atoms with van der Waals surface area (Å²) < 4.78 is 18.6. The van der Waals surface area contributed by atoms with E-state index in [0.717, 1.165) is 11.4 Å². The van der Waals surface area contributed by atoms with Crippen LogP contribution >= 0.6 is 0 Å². The average Bonchev–Trinajstić information content (AvgIpc) is 3.00. The lowest BCUT2D eigenvalue weighted by atomic mass is 10.2. The van der Waals surface area contributed by atoms with E-state index in [0.29, 0.717) is 16.3 Å². The van der Waals surface area contributed by atoms with E-state index in [-0.39, 0.29) is 5.56 Å². The molecule has 0 saturated carbocycles. The number of rotatable bonds is 6. The van der Waals surface area contributed by atoms with Crippen molar-refractivity contribution in [3.63, 3.8) is 0 Å². The second kappa shape index (κ2) is 8.83. The Morgan fingerprint density at radius 2 is 1.72 bits per heavy atom. The monoisotopic (exact) mass is 411 g/mol. The highest BCUT2D eigenvalue weighted by Gasteiger charge is 2.18. The highest BCUT2D eigenvalue weighted by molar-refractivity contribution is 7.84. The fraction of sp³-hybridized carbons (Fsp3) is 0.190. The molecule has 2 aromatic carbocycles. The summed E-state index contributed by atoms with van der Waals surface area (Å²) in [7, 11) is -1.34. The van der Waals surface area contributed by atoms with Crippen molar-refractivity contribution in [2.24, 2.45) is 0 Å². The van der Waals surface area contributed by atoms with E-state index >= 15 is 0 Å². The summed E-state index contributed by atoms with van der Waals surface area (Å²) in [6.45, 7) is 3.18. The van der Waals surface area contributed by atoms with Gasteiger partial charge in [0.1, 0.15) is 0 Å². The Morgan fingerprint density at radius 3 is 2.41 bits per heavy atom. The minimum atomic E-state index is -1.34. The molecule has 0 spiro atoms. The third-order valence-corrected chi connectivity index (χ3v) is 5.28. The SMILES string of the molecule is Cc1nn(-c2ccccc2)c(C)c1NC(=O)COC(=O)c1ccccc1[S@](C)=O. The van der Waals surface area contributed by atoms with E-state index in [9.17, 15) is 13.8 Å². The topological polar surface area (TPSA) is 90.3 Å². The van der Waals surface area contributed by atoms with E-state index < -0.39 is 29.3 Å². The number of ether oxygens (including phenoxy) is 1. The van der Waals surface area contributed by atoms with E-state index in [1.54, 1.807) is 29.8 Å². The number of para-hydroxylation sites is 1. The number of carbonyl (C=O) groups excluding carboxylic acids is 2. The molecule has 1 aromatic heterocycles. The number of aryl methyl sites for hydroxylation is 1. The maximum absolute atomic E-state index is 12.3. The molecule has 1 amide bonds. The number of hydrogen-bond acceptors (Lipinski definition) is 5. The molecule has 1 heterocycles. The van der Waals surface area contributed by atoms with Gasteiger partial charge in [0.25, 0.3) is 5.91 Å². The van der Waals surface area contributed by atoms with Crippen LogP contribution in [0.1, 0.15) is 21.7 Å². The molecular formula is C21H21N3O4S. The number of hydrogen-bond donors (Lipinski definition) is 1. The molecule has 0 saturated heterocycles. The van der Waals surface area contributed by atoms with Gasteiger partial charge in [0.2, 0.25) is 0 Å². The smallest absolute Gasteiger partial charge is 0.339 e. The van der Waals surface area contributed by atoms with Gasteiger partial charge in [0.05, 0.1) is 44.0 Å². The van der Waals surface area contributed by atoms with Crippen LogP contribution in [0, 0.1) is 13.8 Å². The van der Waals surface area contributed by atoms with Crippen LogP contribution in [0.15, 0.2) is 59.5 Å². The van der Waals surface area contributed by atoms with Gasteiger partial charge in [0, 0.05) is 6.26 Å². The molecule has 8 heteroatoms. The summed E-state index contributed by atoms with van der Waals surface area (Å²) in [6.07, 6.45) is 1.48. The van der Waals surface area contributed by atoms with Crippen molar-refractivity contribution in [3.05, 3.63) is 71.5 Å². The van der Waals surface area contributed by atoms with Gasteiger partial charge in [-0.05, 0) is 38.1 Å². The highest BCUT2D eigenvalue weighted by Crippen LogP contribution is 2.22. The molecule has 0 aliphatic rings. The van der Waals surface area contributed by atoms with Gasteiger partial charge in [-0.15, -0.1) is 0 Å². The van der Waals surface area contributed by atoms with E-state index in [4.69, 9.17) is 4.74 Å². The van der Waals surface area contributed by atoms with Gasteiger partial charge in [-0.25, -0.2) is 9.48 Å². The minimum Gasteiger partial charge on any atom is -0.452 e. The number of aromatic nitrogens is 2. The summed E-state index contributed by atoms with van der Waals surface area (Å²) in [5.74, 6) is -1.17. The first-order valence-electron chi connectivity index (χ1n) is 8.89. The summed E-state index contributed by atoms with van der Waals surface area (Å²) in [4.78, 5) is 25.0. The zero-order valence-electron chi connectivity index (χ0n) is 16.3. The largest absolute Gasteiger partial charge is 0.452 e. The van der Waals surface area contributed by atoms with E-state index in [2.05, 4.69) is 10.4 Å². The Labute approximate surface area is 171 Å². The van der Waals surface area contributed by atoms with Gasteiger partial charge < -0.3 is 10.1 Å². The summed E-state index contributed by atoms with van der Waals surface area (Å²) in [6, 6.07) is 16.0. The zero-order chi connectivity index (χ0) is 21.0. The van der Waals surface area contributed by atoms with Gasteiger partial charge >= 0.3 is 5.97 Å². The molecule has 7 nitrogen and oxygen atoms in total. The van der Waals surface area contributed by atoms with Crippen LogP contribution in [-0.2, 0) is 20.3 Å². The van der Waals surface area contributed by atoms with E-state index in [1.165, 1.54) is 12.3 Å². The highest BCUT2D eigenvalue weighted by atomic mass is 32.2. The maximum atomic E-state index is 12.3. The predicted octanol–water partition coefficient (Wildman–Crippen LogP) is 3.02. The molecule has 0 aliphatic carbocycles. The lowest BCUT2D eigenvalue weighted by Crippen LogP contribution is -2.22.